The highest BCUT2D eigenvalue weighted by molar-refractivity contribution is 6.06. The van der Waals surface area contributed by atoms with E-state index in [2.05, 4.69) is 26.3 Å². The van der Waals surface area contributed by atoms with Gasteiger partial charge in [0, 0.05) is 72.4 Å². The van der Waals surface area contributed by atoms with Crippen LogP contribution in [0.4, 0.5) is 15.0 Å². The summed E-state index contributed by atoms with van der Waals surface area (Å²) in [5, 5.41) is 25.8. The number of likely N-dealkylation sites (tertiary alicyclic amines) is 2. The van der Waals surface area contributed by atoms with Gasteiger partial charge in [0.15, 0.2) is 17.7 Å². The summed E-state index contributed by atoms with van der Waals surface area (Å²) in [7, 11) is 1.27. The Morgan fingerprint density at radius 2 is 1.73 bits per heavy atom. The van der Waals surface area contributed by atoms with E-state index in [0.717, 1.165) is 77.1 Å². The molecule has 4 saturated heterocycles. The van der Waals surface area contributed by atoms with Gasteiger partial charge in [-0.15, -0.1) is 5.10 Å². The number of β-amino-alcohol motifs (C(OH)–C–C–N with tert-alkyl or cyclic N) is 1. The number of ether oxygens (including phenoxy) is 5. The second-order valence-corrected chi connectivity index (χ2v) is 23.8. The maximum Gasteiger partial charge on any atom is 0.410 e. The Kier molecular flexibility index (Phi) is 14.6. The number of pyridine rings is 1. The molecule has 5 fully saturated rings. The first-order chi connectivity index (χ1) is 39.5. The first kappa shape index (κ1) is 54.8. The van der Waals surface area contributed by atoms with E-state index in [1.165, 1.54) is 16.7 Å². The van der Waals surface area contributed by atoms with Crippen LogP contribution in [0.1, 0.15) is 127 Å². The summed E-state index contributed by atoms with van der Waals surface area (Å²) < 4.78 is 51.3. The van der Waals surface area contributed by atoms with Crippen molar-refractivity contribution >= 4 is 45.6 Å². The van der Waals surface area contributed by atoms with Gasteiger partial charge in [0.2, 0.25) is 5.91 Å². The zero-order chi connectivity index (χ0) is 57.3. The van der Waals surface area contributed by atoms with Crippen LogP contribution in [-0.4, -0.2) is 136 Å². The summed E-state index contributed by atoms with van der Waals surface area (Å²) in [6, 6.07) is 11.5. The fraction of sp³-hybridized carbons (Fsp3) is 0.492. The standard InChI is InChI=1S/C61H70FN11O9/c1-9-36-19-20-63-27-49(36)81-59-65-53-43(56(66-59)69-28-40-22-39(69)29-70(40)60(77)82-61(5,6)7)24-42(37-17-18-37)52(51-34(4)45(62)25-47-44(51)26-64-73(47)50-12-10-11-21-79-50)55(53)80-32-35-13-15-38(16-14-35)46-31-72(68-67-46)54(33(2)3)57(75)71-30-41(74)23-48(71)58(76)78-8/h13-16,19-20,24-27,31,33,37,39-41,48,50,54,74H,9-12,17-18,21-23,28-30,32H2,1-8H3/t39-,40-,41+,48-,50?,54-/m0/s1. The fourth-order valence-electron chi connectivity index (χ4n) is 12.5. The van der Waals surface area contributed by atoms with E-state index >= 15 is 4.39 Å². The SMILES string of the molecule is CCc1ccncc1Oc1nc(N2C[C@@H]3C[C@H]2CN3C(=O)OC(C)(C)C)c2cc(C3CC3)c(-c3c(C)c(F)cc4c3cnn4C3CCCCO3)c(OCc3ccc(-c4cn([C@H](C(=O)N5C[C@H](O)C[C@H]5C(=O)OC)C(C)C)nn4)cc3)c2n1. The molecule has 7 aromatic rings. The molecular weight excluding hydrogens is 1050 g/mol. The molecule has 21 heteroatoms. The number of benzene rings is 3. The molecule has 4 aliphatic heterocycles. The number of aliphatic hydroxyl groups is 1. The molecule has 5 aliphatic rings. The summed E-state index contributed by atoms with van der Waals surface area (Å²) in [5.74, 6) is 0.138. The number of carbonyl (C=O) groups is 3. The van der Waals surface area contributed by atoms with Crippen LogP contribution in [0.5, 0.6) is 17.5 Å². The highest BCUT2D eigenvalue weighted by atomic mass is 19.1. The quantitative estimate of drug-likeness (QED) is 0.0946. The van der Waals surface area contributed by atoms with Crippen molar-refractivity contribution < 1.29 is 47.6 Å². The minimum atomic E-state index is -0.902. The largest absolute Gasteiger partial charge is 0.486 e. The average Bonchev–Trinajstić information content (AvgIpc) is 2.25. The molecule has 430 valence electrons. The number of hydrogen-bond acceptors (Lipinski definition) is 16. The van der Waals surface area contributed by atoms with E-state index in [0.29, 0.717) is 71.3 Å². The van der Waals surface area contributed by atoms with Crippen LogP contribution in [0, 0.1) is 18.7 Å². The van der Waals surface area contributed by atoms with Gasteiger partial charge >= 0.3 is 18.1 Å². The second kappa shape index (κ2) is 21.8. The normalized spacial score (nSPS) is 21.3. The Bertz CT molecular complexity index is 3590. The number of aromatic nitrogens is 8. The van der Waals surface area contributed by atoms with Crippen LogP contribution in [0.2, 0.25) is 0 Å². The molecule has 20 nitrogen and oxygen atoms in total. The number of halogens is 1. The molecule has 2 bridgehead atoms. The molecule has 4 aromatic heterocycles. The third kappa shape index (κ3) is 10.3. The van der Waals surface area contributed by atoms with Crippen molar-refractivity contribution in [1.29, 1.82) is 0 Å². The second-order valence-electron chi connectivity index (χ2n) is 23.8. The first-order valence-corrected chi connectivity index (χ1v) is 28.7. The lowest BCUT2D eigenvalue weighted by Gasteiger charge is -2.36. The van der Waals surface area contributed by atoms with E-state index < -0.39 is 29.8 Å². The van der Waals surface area contributed by atoms with Crippen LogP contribution in [0.3, 0.4) is 0 Å². The number of aryl methyl sites for hydroxylation is 1. The first-order valence-electron chi connectivity index (χ1n) is 28.7. The number of hydrogen-bond donors (Lipinski definition) is 1. The number of anilines is 1. The van der Waals surface area contributed by atoms with Crippen molar-refractivity contribution in [3.63, 3.8) is 0 Å². The predicted octanol–water partition coefficient (Wildman–Crippen LogP) is 9.79. The average molecular weight is 1120 g/mol. The van der Waals surface area contributed by atoms with Gasteiger partial charge in [0.05, 0.1) is 49.4 Å². The maximum absolute atomic E-state index is 16.9. The van der Waals surface area contributed by atoms with E-state index in [1.54, 1.807) is 31.6 Å². The molecule has 3 aromatic carbocycles. The van der Waals surface area contributed by atoms with E-state index in [-0.39, 0.29) is 73.5 Å². The van der Waals surface area contributed by atoms with Gasteiger partial charge in [-0.1, -0.05) is 50.3 Å². The Hall–Kier alpha value is -7.78. The number of amides is 2. The molecule has 0 spiro atoms. The number of nitrogens with zero attached hydrogens (tertiary/aromatic N) is 11. The Morgan fingerprint density at radius 1 is 0.927 bits per heavy atom. The number of piperazine rings is 1. The summed E-state index contributed by atoms with van der Waals surface area (Å²) in [6.07, 6.45) is 11.4. The lowest BCUT2D eigenvalue weighted by atomic mass is 9.88. The van der Waals surface area contributed by atoms with E-state index in [1.807, 2.05) is 87.7 Å². The van der Waals surface area contributed by atoms with Gasteiger partial charge < -0.3 is 43.5 Å². The lowest BCUT2D eigenvalue weighted by molar-refractivity contribution is -0.152. The van der Waals surface area contributed by atoms with Crippen molar-refractivity contribution in [2.45, 2.75) is 154 Å². The van der Waals surface area contributed by atoms with Crippen LogP contribution in [0.15, 0.2) is 67.3 Å². The van der Waals surface area contributed by atoms with Gasteiger partial charge in [-0.3, -0.25) is 9.78 Å². The Labute approximate surface area is 474 Å². The molecule has 6 atom stereocenters. The van der Waals surface area contributed by atoms with Crippen LogP contribution >= 0.6 is 0 Å². The minimum Gasteiger partial charge on any atom is -0.486 e. The summed E-state index contributed by atoms with van der Waals surface area (Å²) in [6.45, 7) is 14.9. The lowest BCUT2D eigenvalue weighted by Crippen LogP contribution is -2.50. The molecule has 2 amide bonds. The highest BCUT2D eigenvalue weighted by Crippen LogP contribution is 2.54. The number of fused-ring (bicyclic) bond motifs is 4. The van der Waals surface area contributed by atoms with Crippen molar-refractivity contribution in [3.8, 4) is 39.9 Å². The Morgan fingerprint density at radius 3 is 2.43 bits per heavy atom. The van der Waals surface area contributed by atoms with Crippen molar-refractivity contribution in [1.82, 2.24) is 49.5 Å². The summed E-state index contributed by atoms with van der Waals surface area (Å²) in [4.78, 5) is 60.8. The van der Waals surface area contributed by atoms with Gasteiger partial charge in [-0.25, -0.2) is 23.3 Å². The summed E-state index contributed by atoms with van der Waals surface area (Å²) >= 11 is 0. The molecular formula is C61H70FN11O9. The maximum atomic E-state index is 16.9. The Balaban J connectivity index is 0.966. The van der Waals surface area contributed by atoms with Crippen LogP contribution in [-0.2, 0) is 36.8 Å². The van der Waals surface area contributed by atoms with Crippen molar-refractivity contribution in [2.75, 3.05) is 38.3 Å². The molecule has 1 N–H and O–H groups in total. The minimum absolute atomic E-state index is 0.00560. The van der Waals surface area contributed by atoms with Gasteiger partial charge in [0.25, 0.3) is 0 Å². The highest BCUT2D eigenvalue weighted by Gasteiger charge is 2.48. The zero-order valence-corrected chi connectivity index (χ0v) is 47.7. The number of carbonyl (C=O) groups excluding carboxylic acids is 3. The van der Waals surface area contributed by atoms with Crippen LogP contribution in [0.25, 0.3) is 44.2 Å². The topological polar surface area (TPSA) is 215 Å². The molecule has 1 saturated carbocycles. The summed E-state index contributed by atoms with van der Waals surface area (Å²) in [5.41, 5.74) is 6.22. The number of esters is 1. The fourth-order valence-corrected chi connectivity index (χ4v) is 12.5. The molecule has 82 heavy (non-hydrogen) atoms. The van der Waals surface area contributed by atoms with Crippen molar-refractivity contribution in [2.24, 2.45) is 5.92 Å². The number of rotatable bonds is 15. The van der Waals surface area contributed by atoms with E-state index in [9.17, 15) is 19.5 Å². The van der Waals surface area contributed by atoms with Gasteiger partial charge in [0.1, 0.15) is 47.1 Å². The molecule has 1 aliphatic carbocycles. The predicted molar refractivity (Wildman–Crippen MR) is 302 cm³/mol. The molecule has 0 radical (unpaired) electrons. The smallest absolute Gasteiger partial charge is 0.410 e. The number of methoxy groups -OCH3 is 1. The third-order valence-corrected chi connectivity index (χ3v) is 16.7. The van der Waals surface area contributed by atoms with E-state index in [4.69, 9.17) is 38.8 Å². The zero-order valence-electron chi connectivity index (χ0n) is 47.7. The van der Waals surface area contributed by atoms with Crippen LogP contribution < -0.4 is 14.4 Å². The van der Waals surface area contributed by atoms with Crippen molar-refractivity contribution in [3.05, 3.63) is 95.3 Å². The van der Waals surface area contributed by atoms with Gasteiger partial charge in [-0.05, 0) is 119 Å². The molecule has 1 unspecified atom stereocenters. The monoisotopic (exact) mass is 1120 g/mol. The van der Waals surface area contributed by atoms with Gasteiger partial charge in [-0.2, -0.15) is 15.1 Å². The third-order valence-electron chi connectivity index (χ3n) is 16.7. The number of aliphatic hydroxyl groups excluding tert-OH is 1. The molecule has 8 heterocycles. The molecule has 12 rings (SSSR count).